The van der Waals surface area contributed by atoms with E-state index in [0.29, 0.717) is 5.92 Å². The van der Waals surface area contributed by atoms with E-state index in [-0.39, 0.29) is 0 Å². The summed E-state index contributed by atoms with van der Waals surface area (Å²) in [5.41, 5.74) is 1.07. The molecule has 2 heterocycles. The zero-order valence-electron chi connectivity index (χ0n) is 12.8. The number of nitrogens with one attached hydrogen (secondary N) is 2. The van der Waals surface area contributed by atoms with Gasteiger partial charge in [0.15, 0.2) is 0 Å². The summed E-state index contributed by atoms with van der Waals surface area (Å²) in [7, 11) is 0. The maximum absolute atomic E-state index is 4.67. The second-order valence-electron chi connectivity index (χ2n) is 5.15. The molecule has 2 aromatic rings. The van der Waals surface area contributed by atoms with E-state index in [4.69, 9.17) is 0 Å². The van der Waals surface area contributed by atoms with Crippen molar-refractivity contribution in [3.8, 4) is 0 Å². The minimum atomic E-state index is 0.305. The topological polar surface area (TPSA) is 49.8 Å². The maximum atomic E-state index is 4.67. The largest absolute Gasteiger partial charge is 0.370 e. The molecule has 0 saturated carbocycles. The lowest BCUT2D eigenvalue weighted by Gasteiger charge is -2.15. The Bertz CT molecular complexity index is 610. The van der Waals surface area contributed by atoms with Crippen molar-refractivity contribution in [1.29, 1.82) is 0 Å². The summed E-state index contributed by atoms with van der Waals surface area (Å²) in [5.74, 6) is 3.01. The van der Waals surface area contributed by atoms with Gasteiger partial charge in [-0.15, -0.1) is 11.3 Å². The molecule has 0 amide bonds. The third-order valence-electron chi connectivity index (χ3n) is 3.08. The normalized spacial score (nSPS) is 11.0. The maximum Gasteiger partial charge on any atom is 0.135 e. The van der Waals surface area contributed by atoms with Crippen LogP contribution < -0.4 is 10.6 Å². The monoisotopic (exact) mass is 368 g/mol. The second-order valence-corrected chi connectivity index (χ2v) is 7.70. The third kappa shape index (κ3) is 4.17. The molecule has 114 valence electrons. The number of aromatic nitrogens is 2. The van der Waals surface area contributed by atoms with Crippen LogP contribution in [0.4, 0.5) is 11.6 Å². The van der Waals surface area contributed by atoms with Gasteiger partial charge in [-0.1, -0.05) is 13.8 Å². The summed E-state index contributed by atoms with van der Waals surface area (Å²) in [5, 5.41) is 6.75. The molecule has 0 aromatic carbocycles. The van der Waals surface area contributed by atoms with Gasteiger partial charge in [-0.25, -0.2) is 9.97 Å². The number of halogens is 1. The van der Waals surface area contributed by atoms with Crippen LogP contribution in [-0.4, -0.2) is 16.5 Å². The summed E-state index contributed by atoms with van der Waals surface area (Å²) in [4.78, 5) is 10.6. The highest BCUT2D eigenvalue weighted by Gasteiger charge is 2.12. The summed E-state index contributed by atoms with van der Waals surface area (Å²) in [6.07, 6.45) is 0. The van der Waals surface area contributed by atoms with E-state index in [1.165, 1.54) is 4.88 Å². The van der Waals surface area contributed by atoms with Crippen molar-refractivity contribution in [2.75, 3.05) is 17.2 Å². The minimum Gasteiger partial charge on any atom is -0.370 e. The van der Waals surface area contributed by atoms with Crippen LogP contribution in [0, 0.1) is 6.92 Å². The molecule has 0 spiro atoms. The van der Waals surface area contributed by atoms with Crippen LogP contribution in [0.25, 0.3) is 0 Å². The van der Waals surface area contributed by atoms with E-state index >= 15 is 0 Å². The van der Waals surface area contributed by atoms with Gasteiger partial charge in [-0.05, 0) is 41.9 Å². The molecule has 21 heavy (non-hydrogen) atoms. The Kier molecular flexibility index (Phi) is 5.58. The molecule has 0 aliphatic carbocycles. The highest BCUT2D eigenvalue weighted by atomic mass is 79.9. The van der Waals surface area contributed by atoms with Crippen molar-refractivity contribution in [1.82, 2.24) is 9.97 Å². The predicted octanol–water partition coefficient (Wildman–Crippen LogP) is 4.78. The van der Waals surface area contributed by atoms with E-state index in [1.807, 2.05) is 0 Å². The van der Waals surface area contributed by atoms with Crippen LogP contribution in [-0.2, 0) is 6.54 Å². The molecule has 0 aliphatic rings. The summed E-state index contributed by atoms with van der Waals surface area (Å²) >= 11 is 5.22. The molecule has 0 fully saturated rings. The Morgan fingerprint density at radius 3 is 2.38 bits per heavy atom. The van der Waals surface area contributed by atoms with Crippen LogP contribution in [0.15, 0.2) is 15.9 Å². The average molecular weight is 369 g/mol. The molecule has 2 N–H and O–H groups in total. The fraction of sp³-hybridized carbons (Fsp3) is 0.467. The van der Waals surface area contributed by atoms with E-state index in [1.54, 1.807) is 11.3 Å². The number of anilines is 2. The van der Waals surface area contributed by atoms with Gasteiger partial charge >= 0.3 is 0 Å². The Labute approximate surface area is 138 Å². The lowest BCUT2D eigenvalue weighted by Crippen LogP contribution is -2.11. The van der Waals surface area contributed by atoms with Gasteiger partial charge < -0.3 is 10.6 Å². The number of nitrogens with zero attached hydrogens (tertiary/aromatic N) is 2. The number of thiophene rings is 1. The lowest BCUT2D eigenvalue weighted by atomic mass is 10.2. The lowest BCUT2D eigenvalue weighted by molar-refractivity contribution is 0.772. The summed E-state index contributed by atoms with van der Waals surface area (Å²) in [6, 6.07) is 4.19. The van der Waals surface area contributed by atoms with Crippen LogP contribution in [0.1, 0.15) is 43.0 Å². The molecule has 0 atom stereocenters. The van der Waals surface area contributed by atoms with E-state index < -0.39 is 0 Å². The first kappa shape index (κ1) is 16.2. The van der Waals surface area contributed by atoms with Crippen molar-refractivity contribution in [3.63, 3.8) is 0 Å². The Hall–Kier alpha value is -1.14. The smallest absolute Gasteiger partial charge is 0.135 e. The van der Waals surface area contributed by atoms with Crippen LogP contribution in [0.5, 0.6) is 0 Å². The molecule has 0 unspecified atom stereocenters. The van der Waals surface area contributed by atoms with Gasteiger partial charge in [0.2, 0.25) is 0 Å². The molecule has 0 bridgehead atoms. The van der Waals surface area contributed by atoms with Crippen LogP contribution in [0.2, 0.25) is 0 Å². The van der Waals surface area contributed by atoms with Crippen molar-refractivity contribution >= 4 is 38.9 Å². The van der Waals surface area contributed by atoms with Gasteiger partial charge in [-0.2, -0.15) is 0 Å². The highest BCUT2D eigenvalue weighted by molar-refractivity contribution is 9.11. The highest BCUT2D eigenvalue weighted by Crippen LogP contribution is 2.26. The van der Waals surface area contributed by atoms with Crippen LogP contribution in [0.3, 0.4) is 0 Å². The Balaban J connectivity index is 2.23. The first-order valence-corrected chi connectivity index (χ1v) is 8.72. The zero-order valence-corrected chi connectivity index (χ0v) is 15.2. The molecule has 0 saturated heterocycles. The number of rotatable bonds is 6. The fourth-order valence-electron chi connectivity index (χ4n) is 1.92. The third-order valence-corrected chi connectivity index (χ3v) is 4.71. The first-order chi connectivity index (χ1) is 10.0. The van der Waals surface area contributed by atoms with Gasteiger partial charge in [-0.3, -0.25) is 0 Å². The minimum absolute atomic E-state index is 0.305. The Morgan fingerprint density at radius 2 is 1.86 bits per heavy atom. The average Bonchev–Trinajstić information content (AvgIpc) is 2.85. The van der Waals surface area contributed by atoms with Gasteiger partial charge in [0.1, 0.15) is 17.5 Å². The van der Waals surface area contributed by atoms with Crippen LogP contribution >= 0.6 is 27.3 Å². The standard InChI is InChI=1S/C15H21BrN4S/c1-5-17-14-10(4)15(20-13(19-14)9(2)3)18-8-11-6-7-12(16)21-11/h6-7,9H,5,8H2,1-4H3,(H2,17,18,19,20). The van der Waals surface area contributed by atoms with Gasteiger partial charge in [0, 0.05) is 22.9 Å². The predicted molar refractivity (Wildman–Crippen MR) is 94.4 cm³/mol. The molecule has 6 heteroatoms. The van der Waals surface area contributed by atoms with Crippen molar-refractivity contribution < 1.29 is 0 Å². The first-order valence-electron chi connectivity index (χ1n) is 7.11. The number of hydrogen-bond acceptors (Lipinski definition) is 5. The SMILES string of the molecule is CCNc1nc(C(C)C)nc(NCc2ccc(Br)s2)c1C. The van der Waals surface area contributed by atoms with E-state index in [9.17, 15) is 0 Å². The Morgan fingerprint density at radius 1 is 1.19 bits per heavy atom. The van der Waals surface area contributed by atoms with Gasteiger partial charge in [0.05, 0.1) is 10.3 Å². The quantitative estimate of drug-likeness (QED) is 0.770. The zero-order chi connectivity index (χ0) is 15.4. The fourth-order valence-corrected chi connectivity index (χ4v) is 3.34. The van der Waals surface area contributed by atoms with Crippen molar-refractivity contribution in [2.24, 2.45) is 0 Å². The molecule has 2 rings (SSSR count). The summed E-state index contributed by atoms with van der Waals surface area (Å²) < 4.78 is 1.15. The van der Waals surface area contributed by atoms with Crippen molar-refractivity contribution in [2.45, 2.75) is 40.2 Å². The number of hydrogen-bond donors (Lipinski definition) is 2. The van der Waals surface area contributed by atoms with E-state index in [2.05, 4.69) is 76.4 Å². The summed E-state index contributed by atoms with van der Waals surface area (Å²) in [6.45, 7) is 9.98. The van der Waals surface area contributed by atoms with E-state index in [0.717, 1.165) is 39.9 Å². The molecular weight excluding hydrogens is 348 g/mol. The van der Waals surface area contributed by atoms with Gasteiger partial charge in [0.25, 0.3) is 0 Å². The molecule has 2 aromatic heterocycles. The molecule has 4 nitrogen and oxygen atoms in total. The molecule has 0 radical (unpaired) electrons. The molecule has 0 aliphatic heterocycles. The molecular formula is C15H21BrN4S. The second kappa shape index (κ2) is 7.22. The van der Waals surface area contributed by atoms with Crippen molar-refractivity contribution in [3.05, 3.63) is 32.2 Å².